The molecule has 2 aromatic heterocycles. The first-order chi connectivity index (χ1) is 12.7. The molecular weight excluding hydrogens is 375 g/mol. The van der Waals surface area contributed by atoms with E-state index in [1.165, 1.54) is 47.0 Å². The van der Waals surface area contributed by atoms with Crippen LogP contribution < -0.4 is 10.0 Å². The summed E-state index contributed by atoms with van der Waals surface area (Å²) in [6, 6.07) is 8.15. The zero-order chi connectivity index (χ0) is 19.6. The highest BCUT2D eigenvalue weighted by molar-refractivity contribution is 7.90. The third-order valence-corrected chi connectivity index (χ3v) is 4.98. The van der Waals surface area contributed by atoms with Gasteiger partial charge in [-0.25, -0.2) is 22.5 Å². The third-order valence-electron chi connectivity index (χ3n) is 3.53. The zero-order valence-electron chi connectivity index (χ0n) is 14.1. The second kappa shape index (κ2) is 7.16. The molecule has 1 aromatic carbocycles. The molecule has 10 heteroatoms. The smallest absolute Gasteiger partial charge is 0.264 e. The Morgan fingerprint density at radius 1 is 1.11 bits per heavy atom. The van der Waals surface area contributed by atoms with Gasteiger partial charge in [-0.3, -0.25) is 9.59 Å². The van der Waals surface area contributed by atoms with Crippen molar-refractivity contribution in [2.24, 2.45) is 0 Å². The number of pyridine rings is 1. The number of rotatable bonds is 5. The van der Waals surface area contributed by atoms with E-state index in [2.05, 4.69) is 10.3 Å². The van der Waals surface area contributed by atoms with Crippen LogP contribution in [0.25, 0.3) is 5.65 Å². The van der Waals surface area contributed by atoms with Crippen molar-refractivity contribution in [2.45, 2.75) is 18.2 Å². The van der Waals surface area contributed by atoms with Gasteiger partial charge in [-0.05, 0) is 36.4 Å². The van der Waals surface area contributed by atoms with Crippen molar-refractivity contribution in [3.05, 3.63) is 60.3 Å². The molecule has 2 heterocycles. The quantitative estimate of drug-likeness (QED) is 0.686. The number of fused-ring (bicyclic) bond motifs is 1. The molecule has 2 amide bonds. The van der Waals surface area contributed by atoms with Crippen LogP contribution >= 0.6 is 0 Å². The van der Waals surface area contributed by atoms with E-state index < -0.39 is 21.7 Å². The Morgan fingerprint density at radius 3 is 2.48 bits per heavy atom. The Kier molecular flexibility index (Phi) is 4.91. The lowest BCUT2D eigenvalue weighted by Gasteiger charge is -2.07. The van der Waals surface area contributed by atoms with Crippen molar-refractivity contribution >= 4 is 33.2 Å². The van der Waals surface area contributed by atoms with E-state index in [4.69, 9.17) is 0 Å². The number of benzene rings is 1. The molecule has 2 N–H and O–H groups in total. The zero-order valence-corrected chi connectivity index (χ0v) is 15.0. The average molecular weight is 390 g/mol. The molecule has 3 aromatic rings. The van der Waals surface area contributed by atoms with Crippen LogP contribution in [0.1, 0.15) is 12.6 Å². The Hall–Kier alpha value is -3.27. The summed E-state index contributed by atoms with van der Waals surface area (Å²) >= 11 is 0. The molecular formula is C17H15FN4O4S. The molecule has 0 unspecified atom stereocenters. The van der Waals surface area contributed by atoms with Crippen LogP contribution in [0.5, 0.6) is 0 Å². The average Bonchev–Trinajstić information content (AvgIpc) is 2.95. The molecule has 0 spiro atoms. The van der Waals surface area contributed by atoms with Crippen molar-refractivity contribution < 1.29 is 22.4 Å². The van der Waals surface area contributed by atoms with Gasteiger partial charge < -0.3 is 9.72 Å². The molecule has 140 valence electrons. The minimum Gasteiger partial charge on any atom is -0.326 e. The summed E-state index contributed by atoms with van der Waals surface area (Å²) in [4.78, 5) is 27.2. The van der Waals surface area contributed by atoms with Gasteiger partial charge in [0.1, 0.15) is 11.5 Å². The first-order valence-electron chi connectivity index (χ1n) is 7.79. The molecule has 27 heavy (non-hydrogen) atoms. The molecule has 3 rings (SSSR count). The van der Waals surface area contributed by atoms with Crippen LogP contribution in [-0.2, 0) is 26.0 Å². The molecule has 0 saturated carbocycles. The number of hydrogen-bond donors (Lipinski definition) is 2. The highest BCUT2D eigenvalue weighted by atomic mass is 32.2. The summed E-state index contributed by atoms with van der Waals surface area (Å²) in [5, 5.41) is 2.62. The van der Waals surface area contributed by atoms with Crippen molar-refractivity contribution in [3.63, 3.8) is 0 Å². The van der Waals surface area contributed by atoms with Crippen LogP contribution in [-0.4, -0.2) is 29.6 Å². The topological polar surface area (TPSA) is 110 Å². The minimum absolute atomic E-state index is 0.0325. The number of anilines is 1. The van der Waals surface area contributed by atoms with Crippen molar-refractivity contribution in [3.8, 4) is 0 Å². The number of halogens is 1. The van der Waals surface area contributed by atoms with Crippen molar-refractivity contribution in [2.75, 3.05) is 5.32 Å². The summed E-state index contributed by atoms with van der Waals surface area (Å²) in [6.45, 7) is 1.10. The van der Waals surface area contributed by atoms with E-state index in [0.29, 0.717) is 17.0 Å². The molecule has 0 aliphatic rings. The summed E-state index contributed by atoms with van der Waals surface area (Å²) in [6.07, 6.45) is 2.79. The van der Waals surface area contributed by atoms with E-state index in [-0.39, 0.29) is 17.2 Å². The van der Waals surface area contributed by atoms with Gasteiger partial charge in [0, 0.05) is 25.0 Å². The molecule has 0 bridgehead atoms. The fraction of sp³-hybridized carbons (Fsp3) is 0.118. The van der Waals surface area contributed by atoms with Gasteiger partial charge in [0.2, 0.25) is 11.8 Å². The largest absolute Gasteiger partial charge is 0.326 e. The van der Waals surface area contributed by atoms with Crippen LogP contribution in [0.3, 0.4) is 0 Å². The molecule has 0 aliphatic carbocycles. The predicted molar refractivity (Wildman–Crippen MR) is 94.9 cm³/mol. The number of carbonyl (C=O) groups excluding carboxylic acids is 2. The standard InChI is InChI=1S/C17H15FN4O4S/c1-11(23)21-27(25,26)15-5-3-13(4-6-15)20-17(24)8-14-10-22-9-12(18)2-7-16(22)19-14/h2-7,9-10H,8H2,1H3,(H,20,24)(H,21,23). The van der Waals surface area contributed by atoms with Crippen LogP contribution in [0.4, 0.5) is 10.1 Å². The van der Waals surface area contributed by atoms with Crippen LogP contribution in [0.15, 0.2) is 53.7 Å². The van der Waals surface area contributed by atoms with E-state index in [1.54, 1.807) is 6.20 Å². The van der Waals surface area contributed by atoms with Gasteiger partial charge in [-0.2, -0.15) is 0 Å². The number of aromatic nitrogens is 2. The first kappa shape index (κ1) is 18.5. The van der Waals surface area contributed by atoms with Crippen LogP contribution in [0, 0.1) is 5.82 Å². The van der Waals surface area contributed by atoms with Gasteiger partial charge in [0.25, 0.3) is 10.0 Å². The van der Waals surface area contributed by atoms with Gasteiger partial charge in [0.15, 0.2) is 0 Å². The normalized spacial score (nSPS) is 11.3. The van der Waals surface area contributed by atoms with Crippen molar-refractivity contribution in [1.29, 1.82) is 0 Å². The van der Waals surface area contributed by atoms with Gasteiger partial charge in [0.05, 0.1) is 17.0 Å². The van der Waals surface area contributed by atoms with Gasteiger partial charge in [-0.15, -0.1) is 0 Å². The molecule has 8 nitrogen and oxygen atoms in total. The maximum absolute atomic E-state index is 13.2. The lowest BCUT2D eigenvalue weighted by atomic mass is 10.3. The highest BCUT2D eigenvalue weighted by Crippen LogP contribution is 2.15. The van der Waals surface area contributed by atoms with E-state index >= 15 is 0 Å². The highest BCUT2D eigenvalue weighted by Gasteiger charge is 2.15. The Balaban J connectivity index is 1.67. The van der Waals surface area contributed by atoms with Crippen molar-refractivity contribution in [1.82, 2.24) is 14.1 Å². The number of nitrogens with one attached hydrogen (secondary N) is 2. The SMILES string of the molecule is CC(=O)NS(=O)(=O)c1ccc(NC(=O)Cc2cn3cc(F)ccc3n2)cc1. The minimum atomic E-state index is -3.93. The monoisotopic (exact) mass is 390 g/mol. The second-order valence-corrected chi connectivity index (χ2v) is 7.44. The predicted octanol–water partition coefficient (Wildman–Crippen LogP) is 1.48. The Morgan fingerprint density at radius 2 is 1.81 bits per heavy atom. The third kappa shape index (κ3) is 4.47. The maximum Gasteiger partial charge on any atom is 0.264 e. The van der Waals surface area contributed by atoms with E-state index in [1.807, 2.05) is 4.72 Å². The summed E-state index contributed by atoms with van der Waals surface area (Å²) in [5.41, 5.74) is 1.37. The molecule has 0 saturated heterocycles. The van der Waals surface area contributed by atoms with Crippen LogP contribution in [0.2, 0.25) is 0 Å². The number of sulfonamides is 1. The maximum atomic E-state index is 13.2. The molecule has 0 atom stereocenters. The Labute approximate surface area is 154 Å². The van der Waals surface area contributed by atoms with E-state index in [0.717, 1.165) is 6.92 Å². The van der Waals surface area contributed by atoms with E-state index in [9.17, 15) is 22.4 Å². The first-order valence-corrected chi connectivity index (χ1v) is 9.28. The molecule has 0 radical (unpaired) electrons. The molecule has 0 fully saturated rings. The lowest BCUT2D eigenvalue weighted by Crippen LogP contribution is -2.28. The fourth-order valence-corrected chi connectivity index (χ4v) is 3.43. The summed E-state index contributed by atoms with van der Waals surface area (Å²) in [7, 11) is -3.93. The van der Waals surface area contributed by atoms with Gasteiger partial charge >= 0.3 is 0 Å². The summed E-state index contributed by atoms with van der Waals surface area (Å²) < 4.78 is 40.3. The Bertz CT molecular complexity index is 1120. The number of hydrogen-bond acceptors (Lipinski definition) is 5. The number of amides is 2. The second-order valence-electron chi connectivity index (χ2n) is 5.76. The number of imidazole rings is 1. The summed E-state index contributed by atoms with van der Waals surface area (Å²) in [5.74, 6) is -1.47. The number of nitrogens with zero attached hydrogens (tertiary/aromatic N) is 2. The lowest BCUT2D eigenvalue weighted by molar-refractivity contribution is -0.117. The number of carbonyl (C=O) groups is 2. The molecule has 0 aliphatic heterocycles. The van der Waals surface area contributed by atoms with Gasteiger partial charge in [-0.1, -0.05) is 0 Å². The fourth-order valence-electron chi connectivity index (χ4n) is 2.44.